The Morgan fingerprint density at radius 3 is 2.62 bits per heavy atom. The van der Waals surface area contributed by atoms with Crippen molar-refractivity contribution >= 4 is 17.3 Å². The van der Waals surface area contributed by atoms with Crippen molar-refractivity contribution in [2.45, 2.75) is 25.7 Å². The van der Waals surface area contributed by atoms with Gasteiger partial charge in [0.2, 0.25) is 0 Å². The van der Waals surface area contributed by atoms with Gasteiger partial charge in [0.25, 0.3) is 11.6 Å². The number of nitro benzene ring substituents is 1. The van der Waals surface area contributed by atoms with Gasteiger partial charge in [-0.25, -0.2) is 0 Å². The maximum atomic E-state index is 12.3. The third kappa shape index (κ3) is 3.12. The molecule has 1 aromatic heterocycles. The molecule has 0 fully saturated rings. The molecule has 1 amide bonds. The Hall–Kier alpha value is -3.16. The number of benzene rings is 1. The second-order valence-electron chi connectivity index (χ2n) is 5.60. The van der Waals surface area contributed by atoms with Gasteiger partial charge in [-0.1, -0.05) is 6.58 Å². The molecule has 124 valence electrons. The molecule has 0 aliphatic heterocycles. The van der Waals surface area contributed by atoms with E-state index < -0.39 is 4.92 Å². The van der Waals surface area contributed by atoms with Gasteiger partial charge in [-0.2, -0.15) is 5.10 Å². The van der Waals surface area contributed by atoms with Crippen LogP contribution in [0.3, 0.4) is 0 Å². The summed E-state index contributed by atoms with van der Waals surface area (Å²) in [6.07, 6.45) is 3.91. The molecule has 1 heterocycles. The molecule has 0 radical (unpaired) electrons. The van der Waals surface area contributed by atoms with Crippen LogP contribution in [0.2, 0.25) is 0 Å². The Kier molecular flexibility index (Phi) is 4.28. The number of non-ortho nitro benzene ring substituents is 1. The maximum absolute atomic E-state index is 12.3. The number of aromatic nitrogens is 2. The van der Waals surface area contributed by atoms with Gasteiger partial charge in [-0.15, -0.1) is 0 Å². The van der Waals surface area contributed by atoms with Crippen LogP contribution in [0.4, 0.5) is 5.69 Å². The van der Waals surface area contributed by atoms with Crippen molar-refractivity contribution in [3.05, 3.63) is 63.5 Å². The number of nitrogens with one attached hydrogen (secondary N) is 3. The molecule has 0 spiro atoms. The van der Waals surface area contributed by atoms with E-state index in [0.29, 0.717) is 17.0 Å². The number of hydrogen-bond donors (Lipinski definition) is 3. The number of carbonyl (C=O) groups is 1. The number of aryl methyl sites for hydroxylation is 1. The lowest BCUT2D eigenvalue weighted by Crippen LogP contribution is -2.36. The normalized spacial score (nSPS) is 13.0. The average Bonchev–Trinajstić information content (AvgIpc) is 3.03. The molecule has 8 heteroatoms. The molecule has 0 unspecified atom stereocenters. The van der Waals surface area contributed by atoms with Gasteiger partial charge in [0.05, 0.1) is 10.6 Å². The number of hydrogen-bond acceptors (Lipinski definition) is 5. The first-order valence-corrected chi connectivity index (χ1v) is 7.62. The molecule has 1 aliphatic rings. The van der Waals surface area contributed by atoms with E-state index in [1.807, 2.05) is 0 Å². The van der Waals surface area contributed by atoms with E-state index in [0.717, 1.165) is 36.9 Å². The van der Waals surface area contributed by atoms with Crippen LogP contribution in [0.15, 0.2) is 30.8 Å². The lowest BCUT2D eigenvalue weighted by Gasteiger charge is -2.13. The molecule has 0 saturated carbocycles. The summed E-state index contributed by atoms with van der Waals surface area (Å²) in [4.78, 5) is 22.4. The van der Waals surface area contributed by atoms with Gasteiger partial charge in [-0.3, -0.25) is 30.9 Å². The first kappa shape index (κ1) is 15.7. The number of hydrazine groups is 1. The first-order valence-electron chi connectivity index (χ1n) is 7.62. The predicted octanol–water partition coefficient (Wildman–Crippen LogP) is 2.10. The molecule has 0 atom stereocenters. The number of rotatable bonds is 5. The summed E-state index contributed by atoms with van der Waals surface area (Å²) in [7, 11) is 0. The highest BCUT2D eigenvalue weighted by Gasteiger charge is 2.21. The molecule has 1 aliphatic carbocycles. The highest BCUT2D eigenvalue weighted by molar-refractivity contribution is 5.94. The smallest absolute Gasteiger partial charge is 0.290 e. The third-order valence-corrected chi connectivity index (χ3v) is 4.02. The zero-order valence-electron chi connectivity index (χ0n) is 13.0. The first-order chi connectivity index (χ1) is 11.6. The van der Waals surface area contributed by atoms with Gasteiger partial charge < -0.3 is 0 Å². The van der Waals surface area contributed by atoms with E-state index in [9.17, 15) is 14.9 Å². The van der Waals surface area contributed by atoms with E-state index in [1.54, 1.807) is 12.1 Å². The van der Waals surface area contributed by atoms with E-state index in [2.05, 4.69) is 27.6 Å². The lowest BCUT2D eigenvalue weighted by molar-refractivity contribution is -0.384. The molecule has 0 saturated heterocycles. The minimum absolute atomic E-state index is 0.00117. The largest absolute Gasteiger partial charge is 0.298 e. The van der Waals surface area contributed by atoms with Gasteiger partial charge in [0.15, 0.2) is 5.69 Å². The minimum atomic E-state index is -0.470. The van der Waals surface area contributed by atoms with Crippen LogP contribution in [0.25, 0.3) is 5.70 Å². The lowest BCUT2D eigenvalue weighted by atomic mass is 9.96. The Morgan fingerprint density at radius 2 is 1.92 bits per heavy atom. The molecule has 8 nitrogen and oxygen atoms in total. The molecule has 3 rings (SSSR count). The molecule has 24 heavy (non-hydrogen) atoms. The van der Waals surface area contributed by atoms with E-state index in [4.69, 9.17) is 0 Å². The number of carbonyl (C=O) groups excluding carboxylic acids is 1. The van der Waals surface area contributed by atoms with Crippen LogP contribution in [-0.4, -0.2) is 21.0 Å². The molecule has 1 aromatic carbocycles. The molecule has 0 bridgehead atoms. The Bertz CT molecular complexity index is 795. The van der Waals surface area contributed by atoms with Crippen molar-refractivity contribution in [3.8, 4) is 0 Å². The summed E-state index contributed by atoms with van der Waals surface area (Å²) in [6, 6.07) is 5.90. The predicted molar refractivity (Wildman–Crippen MR) is 88.0 cm³/mol. The monoisotopic (exact) mass is 327 g/mol. The Balaban J connectivity index is 1.62. The zero-order valence-corrected chi connectivity index (χ0v) is 13.0. The molecule has 2 aromatic rings. The quantitative estimate of drug-likeness (QED) is 0.575. The highest BCUT2D eigenvalue weighted by Crippen LogP contribution is 2.22. The fraction of sp³-hybridized carbons (Fsp3) is 0.250. The SMILES string of the molecule is C=C(NNC(=O)c1n[nH]c2c1CCCC2)c1ccc([N+](=O)[O-])cc1. The summed E-state index contributed by atoms with van der Waals surface area (Å²) in [6.45, 7) is 3.82. The van der Waals surface area contributed by atoms with Crippen molar-refractivity contribution in [2.24, 2.45) is 0 Å². The van der Waals surface area contributed by atoms with Crippen molar-refractivity contribution in [3.63, 3.8) is 0 Å². The molecular weight excluding hydrogens is 310 g/mol. The summed E-state index contributed by atoms with van der Waals surface area (Å²) in [5.41, 5.74) is 8.76. The van der Waals surface area contributed by atoms with Crippen molar-refractivity contribution in [1.29, 1.82) is 0 Å². The topological polar surface area (TPSA) is 113 Å². The zero-order chi connectivity index (χ0) is 17.1. The molecular formula is C16H17N5O3. The van der Waals surface area contributed by atoms with Crippen molar-refractivity contribution in [1.82, 2.24) is 21.0 Å². The number of H-pyrrole nitrogens is 1. The summed E-state index contributed by atoms with van der Waals surface area (Å²) in [5, 5.41) is 17.7. The van der Waals surface area contributed by atoms with Crippen LogP contribution in [0, 0.1) is 10.1 Å². The number of fused-ring (bicyclic) bond motifs is 1. The summed E-state index contributed by atoms with van der Waals surface area (Å²) >= 11 is 0. The fourth-order valence-electron chi connectivity index (χ4n) is 2.72. The number of aromatic amines is 1. The number of nitrogens with zero attached hydrogens (tertiary/aromatic N) is 2. The van der Waals surface area contributed by atoms with Gasteiger partial charge in [0, 0.05) is 23.4 Å². The fourth-order valence-corrected chi connectivity index (χ4v) is 2.72. The number of nitro groups is 1. The van der Waals surface area contributed by atoms with Gasteiger partial charge in [0.1, 0.15) is 0 Å². The minimum Gasteiger partial charge on any atom is -0.298 e. The second kappa shape index (κ2) is 6.53. The van der Waals surface area contributed by atoms with E-state index in [-0.39, 0.29) is 11.6 Å². The van der Waals surface area contributed by atoms with Crippen LogP contribution < -0.4 is 10.9 Å². The number of amides is 1. The standard InChI is InChI=1S/C16H17N5O3/c1-10(11-6-8-12(9-7-11)21(23)24)17-20-16(22)15-13-4-2-3-5-14(13)18-19-15/h6-9,17H,1-5H2,(H,18,19)(H,20,22). The third-order valence-electron chi connectivity index (χ3n) is 4.02. The Labute approximate surface area is 138 Å². The molecule has 3 N–H and O–H groups in total. The maximum Gasteiger partial charge on any atom is 0.290 e. The average molecular weight is 327 g/mol. The van der Waals surface area contributed by atoms with Crippen molar-refractivity contribution in [2.75, 3.05) is 0 Å². The van der Waals surface area contributed by atoms with Crippen LogP contribution in [0.1, 0.15) is 40.2 Å². The van der Waals surface area contributed by atoms with Gasteiger partial charge in [-0.05, 0) is 43.4 Å². The highest BCUT2D eigenvalue weighted by atomic mass is 16.6. The van der Waals surface area contributed by atoms with Crippen LogP contribution >= 0.6 is 0 Å². The van der Waals surface area contributed by atoms with Crippen molar-refractivity contribution < 1.29 is 9.72 Å². The summed E-state index contributed by atoms with van der Waals surface area (Å²) in [5.74, 6) is -0.336. The Morgan fingerprint density at radius 1 is 1.21 bits per heavy atom. The van der Waals surface area contributed by atoms with Crippen LogP contribution in [0.5, 0.6) is 0 Å². The van der Waals surface area contributed by atoms with E-state index >= 15 is 0 Å². The van der Waals surface area contributed by atoms with Crippen LogP contribution in [-0.2, 0) is 12.8 Å². The van der Waals surface area contributed by atoms with E-state index in [1.165, 1.54) is 12.1 Å². The summed E-state index contributed by atoms with van der Waals surface area (Å²) < 4.78 is 0. The second-order valence-corrected chi connectivity index (χ2v) is 5.60. The van der Waals surface area contributed by atoms with Gasteiger partial charge >= 0.3 is 0 Å².